The Hall–Kier alpha value is -2.32. The van der Waals surface area contributed by atoms with Crippen molar-refractivity contribution in [3.8, 4) is 0 Å². The highest BCUT2D eigenvalue weighted by atomic mass is 16.6. The molecule has 9 nitrogen and oxygen atoms in total. The van der Waals surface area contributed by atoms with Crippen molar-refractivity contribution in [2.75, 3.05) is 19.6 Å². The van der Waals surface area contributed by atoms with Crippen LogP contribution in [0.15, 0.2) is 0 Å². The standard InChI is InChI=1S/C16H25N3O6/c1-10(12(20)19-9-7-17-14(19)22)24-13(21)11-6-5-8-18(11)15(23)25-16(2,3)4/h10-11H,5-9H2,1-4H3,(H,17,22)/t10-,11-/m0/s1. The highest BCUT2D eigenvalue weighted by molar-refractivity contribution is 5.98. The van der Waals surface area contributed by atoms with Crippen molar-refractivity contribution in [3.63, 3.8) is 0 Å². The summed E-state index contributed by atoms with van der Waals surface area (Å²) in [6.07, 6.45) is -0.582. The van der Waals surface area contributed by atoms with Gasteiger partial charge in [-0.2, -0.15) is 0 Å². The molecule has 0 aromatic heterocycles. The van der Waals surface area contributed by atoms with Gasteiger partial charge in [0.15, 0.2) is 6.10 Å². The molecule has 0 saturated carbocycles. The van der Waals surface area contributed by atoms with Gasteiger partial charge in [0.25, 0.3) is 5.91 Å². The summed E-state index contributed by atoms with van der Waals surface area (Å²) in [5.41, 5.74) is -0.666. The van der Waals surface area contributed by atoms with E-state index in [0.29, 0.717) is 25.9 Å². The van der Waals surface area contributed by atoms with Crippen LogP contribution in [0.25, 0.3) is 0 Å². The zero-order valence-electron chi connectivity index (χ0n) is 15.0. The second-order valence-electron chi connectivity index (χ2n) is 7.13. The van der Waals surface area contributed by atoms with E-state index in [0.717, 1.165) is 4.90 Å². The monoisotopic (exact) mass is 355 g/mol. The van der Waals surface area contributed by atoms with Crippen LogP contribution in [-0.2, 0) is 19.1 Å². The van der Waals surface area contributed by atoms with Crippen LogP contribution in [-0.4, -0.2) is 71.2 Å². The van der Waals surface area contributed by atoms with Gasteiger partial charge in [-0.05, 0) is 40.5 Å². The predicted octanol–water partition coefficient (Wildman–Crippen LogP) is 0.869. The number of carbonyl (C=O) groups excluding carboxylic acids is 4. The molecule has 2 rings (SSSR count). The van der Waals surface area contributed by atoms with Crippen LogP contribution < -0.4 is 5.32 Å². The Kier molecular flexibility index (Phi) is 5.54. The molecule has 2 saturated heterocycles. The maximum atomic E-state index is 12.4. The number of hydrogen-bond acceptors (Lipinski definition) is 6. The third-order valence-electron chi connectivity index (χ3n) is 3.92. The SMILES string of the molecule is C[C@H](OC(=O)[C@@H]1CCCN1C(=O)OC(C)(C)C)C(=O)N1CCNC1=O. The Labute approximate surface area is 146 Å². The first-order valence-corrected chi connectivity index (χ1v) is 8.39. The van der Waals surface area contributed by atoms with E-state index in [1.807, 2.05) is 0 Å². The third-order valence-corrected chi connectivity index (χ3v) is 3.92. The minimum atomic E-state index is -1.10. The largest absolute Gasteiger partial charge is 0.451 e. The number of carbonyl (C=O) groups is 4. The number of hydrogen-bond donors (Lipinski definition) is 1. The zero-order valence-corrected chi connectivity index (χ0v) is 15.0. The predicted molar refractivity (Wildman–Crippen MR) is 86.6 cm³/mol. The molecule has 2 aliphatic rings. The maximum Gasteiger partial charge on any atom is 0.411 e. The number of nitrogens with zero attached hydrogens (tertiary/aromatic N) is 2. The van der Waals surface area contributed by atoms with E-state index in [4.69, 9.17) is 9.47 Å². The topological polar surface area (TPSA) is 105 Å². The van der Waals surface area contributed by atoms with Crippen LogP contribution in [0.5, 0.6) is 0 Å². The van der Waals surface area contributed by atoms with Crippen molar-refractivity contribution in [1.29, 1.82) is 0 Å². The molecule has 0 unspecified atom stereocenters. The van der Waals surface area contributed by atoms with E-state index >= 15 is 0 Å². The summed E-state index contributed by atoms with van der Waals surface area (Å²) in [5.74, 6) is -1.24. The number of likely N-dealkylation sites (tertiary alicyclic amines) is 1. The molecule has 2 fully saturated rings. The molecular weight excluding hydrogens is 330 g/mol. The van der Waals surface area contributed by atoms with Crippen LogP contribution in [0.4, 0.5) is 9.59 Å². The zero-order chi connectivity index (χ0) is 18.8. The van der Waals surface area contributed by atoms with Gasteiger partial charge in [0.2, 0.25) is 0 Å². The normalized spacial score (nSPS) is 21.8. The minimum Gasteiger partial charge on any atom is -0.451 e. The molecule has 0 aromatic rings. The minimum absolute atomic E-state index is 0.243. The number of ether oxygens (including phenoxy) is 2. The number of amides is 4. The number of rotatable bonds is 3. The Balaban J connectivity index is 1.95. The fourth-order valence-electron chi connectivity index (χ4n) is 2.76. The maximum absolute atomic E-state index is 12.4. The number of imide groups is 1. The van der Waals surface area contributed by atoms with Crippen LogP contribution >= 0.6 is 0 Å². The van der Waals surface area contributed by atoms with E-state index in [9.17, 15) is 19.2 Å². The van der Waals surface area contributed by atoms with Gasteiger partial charge in [0.1, 0.15) is 11.6 Å². The summed E-state index contributed by atoms with van der Waals surface area (Å²) in [6.45, 7) is 7.67. The molecule has 0 aliphatic carbocycles. The molecule has 25 heavy (non-hydrogen) atoms. The summed E-state index contributed by atoms with van der Waals surface area (Å²) in [4.78, 5) is 50.7. The summed E-state index contributed by atoms with van der Waals surface area (Å²) in [6, 6.07) is -1.28. The van der Waals surface area contributed by atoms with Crippen LogP contribution in [0.2, 0.25) is 0 Å². The highest BCUT2D eigenvalue weighted by Gasteiger charge is 2.39. The molecule has 2 heterocycles. The number of urea groups is 1. The van der Waals surface area contributed by atoms with Gasteiger partial charge in [-0.1, -0.05) is 0 Å². The molecule has 0 aromatic carbocycles. The Morgan fingerprint density at radius 2 is 1.92 bits per heavy atom. The van der Waals surface area contributed by atoms with Crippen molar-refractivity contribution < 1.29 is 28.7 Å². The van der Waals surface area contributed by atoms with E-state index in [1.54, 1.807) is 20.8 Å². The van der Waals surface area contributed by atoms with Crippen molar-refractivity contribution in [2.45, 2.75) is 58.3 Å². The quantitative estimate of drug-likeness (QED) is 0.753. The fraction of sp³-hybridized carbons (Fsp3) is 0.750. The van der Waals surface area contributed by atoms with Gasteiger partial charge in [-0.15, -0.1) is 0 Å². The molecule has 0 spiro atoms. The lowest BCUT2D eigenvalue weighted by molar-refractivity contribution is -0.161. The number of esters is 1. The molecule has 2 atom stereocenters. The molecular formula is C16H25N3O6. The summed E-state index contributed by atoms with van der Waals surface area (Å²) in [7, 11) is 0. The van der Waals surface area contributed by atoms with Gasteiger partial charge < -0.3 is 14.8 Å². The summed E-state index contributed by atoms with van der Waals surface area (Å²) < 4.78 is 10.5. The molecule has 0 radical (unpaired) electrons. The van der Waals surface area contributed by atoms with Gasteiger partial charge in [0, 0.05) is 19.6 Å². The van der Waals surface area contributed by atoms with Gasteiger partial charge >= 0.3 is 18.1 Å². The third kappa shape index (κ3) is 4.61. The summed E-state index contributed by atoms with van der Waals surface area (Å²) in [5, 5.41) is 2.51. The second kappa shape index (κ2) is 7.28. The van der Waals surface area contributed by atoms with Crippen molar-refractivity contribution in [1.82, 2.24) is 15.1 Å². The molecule has 0 bridgehead atoms. The lowest BCUT2D eigenvalue weighted by atomic mass is 10.2. The Morgan fingerprint density at radius 1 is 1.24 bits per heavy atom. The summed E-state index contributed by atoms with van der Waals surface area (Å²) >= 11 is 0. The van der Waals surface area contributed by atoms with E-state index in [1.165, 1.54) is 11.8 Å². The first-order chi connectivity index (χ1) is 11.6. The smallest absolute Gasteiger partial charge is 0.411 e. The fourth-order valence-corrected chi connectivity index (χ4v) is 2.76. The highest BCUT2D eigenvalue weighted by Crippen LogP contribution is 2.22. The molecule has 9 heteroatoms. The molecule has 140 valence electrons. The second-order valence-corrected chi connectivity index (χ2v) is 7.13. The lowest BCUT2D eigenvalue weighted by Gasteiger charge is -2.28. The van der Waals surface area contributed by atoms with E-state index in [2.05, 4.69) is 5.32 Å². The van der Waals surface area contributed by atoms with E-state index in [-0.39, 0.29) is 6.54 Å². The van der Waals surface area contributed by atoms with Crippen LogP contribution in [0.1, 0.15) is 40.5 Å². The first-order valence-electron chi connectivity index (χ1n) is 8.39. The van der Waals surface area contributed by atoms with Crippen LogP contribution in [0.3, 0.4) is 0 Å². The Bertz CT molecular complexity index is 571. The first kappa shape index (κ1) is 19.0. The van der Waals surface area contributed by atoms with E-state index < -0.39 is 41.7 Å². The molecule has 2 aliphatic heterocycles. The van der Waals surface area contributed by atoms with Crippen molar-refractivity contribution in [2.24, 2.45) is 0 Å². The molecule has 1 N–H and O–H groups in total. The van der Waals surface area contributed by atoms with Gasteiger partial charge in [-0.25, -0.2) is 14.4 Å². The number of nitrogens with one attached hydrogen (secondary N) is 1. The average molecular weight is 355 g/mol. The van der Waals surface area contributed by atoms with Gasteiger partial charge in [-0.3, -0.25) is 14.6 Å². The lowest BCUT2D eigenvalue weighted by Crippen LogP contribution is -2.47. The van der Waals surface area contributed by atoms with Crippen molar-refractivity contribution >= 4 is 24.0 Å². The van der Waals surface area contributed by atoms with Gasteiger partial charge in [0.05, 0.1) is 0 Å². The molecule has 4 amide bonds. The Morgan fingerprint density at radius 3 is 2.48 bits per heavy atom. The van der Waals surface area contributed by atoms with Crippen molar-refractivity contribution in [3.05, 3.63) is 0 Å². The average Bonchev–Trinajstić information content (AvgIpc) is 3.13. The van der Waals surface area contributed by atoms with Crippen LogP contribution in [0, 0.1) is 0 Å².